The average Bonchev–Trinajstić information content (AvgIpc) is 2.98. The zero-order chi connectivity index (χ0) is 15.0. The SMILES string of the molecule is CB(OC(C)(C)C(C)(C)O)c1ccc(-c2cccs2)s1. The van der Waals surface area contributed by atoms with Crippen molar-refractivity contribution in [2.75, 3.05) is 0 Å². The molecule has 2 nitrogen and oxygen atoms in total. The monoisotopic (exact) mass is 308 g/mol. The molecule has 0 amide bonds. The zero-order valence-electron chi connectivity index (χ0n) is 12.6. The lowest BCUT2D eigenvalue weighted by Crippen LogP contribution is -2.51. The predicted molar refractivity (Wildman–Crippen MR) is 90.3 cm³/mol. The summed E-state index contributed by atoms with van der Waals surface area (Å²) in [4.78, 5) is 2.56. The molecular formula is C15H21BO2S2. The Labute approximate surface area is 129 Å². The van der Waals surface area contributed by atoms with E-state index >= 15 is 0 Å². The van der Waals surface area contributed by atoms with E-state index in [0.29, 0.717) is 0 Å². The van der Waals surface area contributed by atoms with Crippen molar-refractivity contribution in [3.05, 3.63) is 29.6 Å². The Morgan fingerprint density at radius 3 is 2.35 bits per heavy atom. The van der Waals surface area contributed by atoms with Crippen molar-refractivity contribution in [1.29, 1.82) is 0 Å². The van der Waals surface area contributed by atoms with Gasteiger partial charge in [-0.1, -0.05) is 19.0 Å². The molecule has 0 aromatic carbocycles. The van der Waals surface area contributed by atoms with Gasteiger partial charge in [-0.25, -0.2) is 0 Å². The van der Waals surface area contributed by atoms with E-state index in [1.54, 1.807) is 36.5 Å². The Hall–Kier alpha value is -0.615. The van der Waals surface area contributed by atoms with Crippen LogP contribution in [0.25, 0.3) is 9.75 Å². The number of hydrogen-bond acceptors (Lipinski definition) is 4. The molecule has 0 radical (unpaired) electrons. The van der Waals surface area contributed by atoms with Gasteiger partial charge in [-0.2, -0.15) is 0 Å². The van der Waals surface area contributed by atoms with Crippen LogP contribution in [0.3, 0.4) is 0 Å². The summed E-state index contributed by atoms with van der Waals surface area (Å²) in [6.07, 6.45) is 0. The fourth-order valence-corrected chi connectivity index (χ4v) is 3.59. The van der Waals surface area contributed by atoms with Crippen LogP contribution in [-0.2, 0) is 4.65 Å². The van der Waals surface area contributed by atoms with Crippen LogP contribution in [0.4, 0.5) is 0 Å². The van der Waals surface area contributed by atoms with Gasteiger partial charge in [0.25, 0.3) is 0 Å². The van der Waals surface area contributed by atoms with Gasteiger partial charge in [0.1, 0.15) is 0 Å². The molecule has 20 heavy (non-hydrogen) atoms. The maximum absolute atomic E-state index is 10.2. The number of thiophene rings is 2. The number of hydrogen-bond donors (Lipinski definition) is 1. The molecule has 0 aliphatic heterocycles. The zero-order valence-corrected chi connectivity index (χ0v) is 14.3. The van der Waals surface area contributed by atoms with Gasteiger partial charge in [0.15, 0.2) is 0 Å². The van der Waals surface area contributed by atoms with E-state index in [0.717, 1.165) is 0 Å². The normalized spacial score (nSPS) is 12.7. The van der Waals surface area contributed by atoms with E-state index in [1.165, 1.54) is 14.5 Å². The Kier molecular flexibility index (Phi) is 4.45. The fraction of sp³-hybridized carbons (Fsp3) is 0.467. The summed E-state index contributed by atoms with van der Waals surface area (Å²) in [6.45, 7) is 9.43. The van der Waals surface area contributed by atoms with E-state index in [4.69, 9.17) is 4.65 Å². The summed E-state index contributed by atoms with van der Waals surface area (Å²) >= 11 is 3.50. The molecule has 1 N–H and O–H groups in total. The first-order valence-corrected chi connectivity index (χ1v) is 8.44. The standard InChI is InChI=1S/C15H21BO2S2/c1-14(2,17)15(3,4)18-16(5)13-9-8-12(20-13)11-7-6-10-19-11/h6-10,17H,1-5H3. The van der Waals surface area contributed by atoms with Crippen LogP contribution >= 0.6 is 22.7 Å². The smallest absolute Gasteiger partial charge is 0.334 e. The first-order chi connectivity index (χ1) is 9.21. The molecule has 0 unspecified atom stereocenters. The highest BCUT2D eigenvalue weighted by Gasteiger charge is 2.38. The van der Waals surface area contributed by atoms with Crippen molar-refractivity contribution >= 4 is 34.4 Å². The maximum Gasteiger partial charge on any atom is 0.334 e. The van der Waals surface area contributed by atoms with Gasteiger partial charge in [0.05, 0.1) is 11.2 Å². The van der Waals surface area contributed by atoms with Gasteiger partial charge >= 0.3 is 6.92 Å². The third-order valence-corrected chi connectivity index (χ3v) is 6.05. The molecule has 108 valence electrons. The summed E-state index contributed by atoms with van der Waals surface area (Å²) in [6, 6.07) is 8.46. The van der Waals surface area contributed by atoms with E-state index in [9.17, 15) is 5.11 Å². The quantitative estimate of drug-likeness (QED) is 0.850. The topological polar surface area (TPSA) is 29.5 Å². The van der Waals surface area contributed by atoms with E-state index in [1.807, 2.05) is 20.7 Å². The average molecular weight is 308 g/mol. The lowest BCUT2D eigenvalue weighted by Gasteiger charge is -2.39. The third-order valence-electron chi connectivity index (χ3n) is 3.74. The molecule has 0 aliphatic carbocycles. The van der Waals surface area contributed by atoms with Crippen molar-refractivity contribution in [1.82, 2.24) is 0 Å². The third kappa shape index (κ3) is 3.34. The minimum Gasteiger partial charge on any atom is -0.423 e. The minimum absolute atomic E-state index is 0.0323. The Morgan fingerprint density at radius 2 is 1.80 bits per heavy atom. The van der Waals surface area contributed by atoms with Crippen LogP contribution in [0, 0.1) is 0 Å². The van der Waals surface area contributed by atoms with Crippen molar-refractivity contribution in [3.8, 4) is 9.75 Å². The number of aliphatic hydroxyl groups is 1. The largest absolute Gasteiger partial charge is 0.423 e. The Morgan fingerprint density at radius 1 is 1.10 bits per heavy atom. The van der Waals surface area contributed by atoms with E-state index in [-0.39, 0.29) is 6.92 Å². The summed E-state index contributed by atoms with van der Waals surface area (Å²) in [5.74, 6) is 0. The second kappa shape index (κ2) is 5.64. The second-order valence-electron chi connectivity index (χ2n) is 6.01. The summed E-state index contributed by atoms with van der Waals surface area (Å²) in [5.41, 5.74) is -1.48. The summed E-state index contributed by atoms with van der Waals surface area (Å²) < 4.78 is 7.27. The van der Waals surface area contributed by atoms with Gasteiger partial charge < -0.3 is 9.76 Å². The highest BCUT2D eigenvalue weighted by atomic mass is 32.1. The van der Waals surface area contributed by atoms with Gasteiger partial charge in [0.2, 0.25) is 0 Å². The van der Waals surface area contributed by atoms with Crippen LogP contribution in [0.2, 0.25) is 6.82 Å². The highest BCUT2D eigenvalue weighted by Crippen LogP contribution is 2.30. The Balaban J connectivity index is 2.13. The van der Waals surface area contributed by atoms with Gasteiger partial charge in [-0.15, -0.1) is 22.7 Å². The van der Waals surface area contributed by atoms with Gasteiger partial charge in [-0.3, -0.25) is 0 Å². The number of rotatable bonds is 5. The molecule has 0 saturated heterocycles. The van der Waals surface area contributed by atoms with Gasteiger partial charge in [0, 0.05) is 14.5 Å². The molecule has 0 spiro atoms. The first kappa shape index (κ1) is 15.8. The highest BCUT2D eigenvalue weighted by molar-refractivity contribution is 7.28. The van der Waals surface area contributed by atoms with E-state index in [2.05, 4.69) is 29.6 Å². The van der Waals surface area contributed by atoms with Crippen molar-refractivity contribution < 1.29 is 9.76 Å². The first-order valence-electron chi connectivity index (χ1n) is 6.74. The predicted octanol–water partition coefficient (Wildman–Crippen LogP) is 3.87. The molecular weight excluding hydrogens is 287 g/mol. The molecule has 2 aromatic rings. The van der Waals surface area contributed by atoms with Crippen molar-refractivity contribution in [2.45, 2.75) is 45.7 Å². The molecule has 2 heterocycles. The molecule has 2 aromatic heterocycles. The lowest BCUT2D eigenvalue weighted by molar-refractivity contribution is -0.0917. The van der Waals surface area contributed by atoms with E-state index < -0.39 is 11.2 Å². The lowest BCUT2D eigenvalue weighted by atomic mass is 9.68. The molecule has 2 rings (SSSR count). The van der Waals surface area contributed by atoms with Gasteiger partial charge in [-0.05, 0) is 45.2 Å². The van der Waals surface area contributed by atoms with Crippen molar-refractivity contribution in [3.63, 3.8) is 0 Å². The fourth-order valence-electron chi connectivity index (χ4n) is 1.77. The molecule has 0 saturated carbocycles. The maximum atomic E-state index is 10.2. The van der Waals surface area contributed by atoms with Crippen molar-refractivity contribution in [2.24, 2.45) is 0 Å². The summed E-state index contributed by atoms with van der Waals surface area (Å²) in [5, 5.41) is 12.3. The van der Waals surface area contributed by atoms with Crippen LogP contribution in [0.5, 0.6) is 0 Å². The molecule has 0 fully saturated rings. The van der Waals surface area contributed by atoms with Crippen LogP contribution in [0.15, 0.2) is 29.6 Å². The van der Waals surface area contributed by atoms with Crippen LogP contribution in [-0.4, -0.2) is 23.2 Å². The van der Waals surface area contributed by atoms with Crippen LogP contribution < -0.4 is 4.78 Å². The second-order valence-corrected chi connectivity index (χ2v) is 8.07. The van der Waals surface area contributed by atoms with Crippen LogP contribution in [0.1, 0.15) is 27.7 Å². The Bertz CT molecular complexity index is 553. The molecule has 5 heteroatoms. The minimum atomic E-state index is -0.880. The molecule has 0 aliphatic rings. The molecule has 0 atom stereocenters. The summed E-state index contributed by atoms with van der Waals surface area (Å²) in [7, 11) is 0. The molecule has 0 bridgehead atoms.